The summed E-state index contributed by atoms with van der Waals surface area (Å²) in [7, 11) is 0. The fourth-order valence-corrected chi connectivity index (χ4v) is 1.17. The summed E-state index contributed by atoms with van der Waals surface area (Å²) in [5, 5.41) is 3.28. The predicted octanol–water partition coefficient (Wildman–Crippen LogP) is 0.0613. The van der Waals surface area contributed by atoms with Gasteiger partial charge in [0.05, 0.1) is 6.61 Å². The highest BCUT2D eigenvalue weighted by Crippen LogP contribution is 2.06. The fraction of sp³-hybridized carbons (Fsp3) is 1.00. The molecule has 0 bridgehead atoms. The molecule has 1 atom stereocenters. The minimum atomic E-state index is 0.275. The second-order valence-electron chi connectivity index (χ2n) is 2.60. The van der Waals surface area contributed by atoms with E-state index in [-0.39, 0.29) is 6.23 Å². The van der Waals surface area contributed by atoms with Crippen molar-refractivity contribution >= 4 is 0 Å². The second kappa shape index (κ2) is 4.66. The minimum absolute atomic E-state index is 0.275. The van der Waals surface area contributed by atoms with Crippen LogP contribution in [0.2, 0.25) is 0 Å². The summed E-state index contributed by atoms with van der Waals surface area (Å²) >= 11 is 0. The van der Waals surface area contributed by atoms with Crippen LogP contribution in [0.15, 0.2) is 0 Å². The summed E-state index contributed by atoms with van der Waals surface area (Å²) in [6, 6.07) is 0. The van der Waals surface area contributed by atoms with Gasteiger partial charge in [-0.3, -0.25) is 5.32 Å². The lowest BCUT2D eigenvalue weighted by Crippen LogP contribution is -2.37. The van der Waals surface area contributed by atoms with E-state index in [9.17, 15) is 0 Å². The first-order valence-electron chi connectivity index (χ1n) is 3.98. The van der Waals surface area contributed by atoms with Crippen LogP contribution in [0, 0.1) is 0 Å². The van der Waals surface area contributed by atoms with Crippen LogP contribution in [0.3, 0.4) is 0 Å². The molecule has 3 nitrogen and oxygen atoms in total. The third kappa shape index (κ3) is 2.64. The summed E-state index contributed by atoms with van der Waals surface area (Å²) in [4.78, 5) is 0. The molecule has 0 aliphatic carbocycles. The first-order valence-corrected chi connectivity index (χ1v) is 3.98. The molecule has 1 rings (SSSR count). The van der Waals surface area contributed by atoms with E-state index in [2.05, 4.69) is 5.32 Å². The van der Waals surface area contributed by atoms with Gasteiger partial charge in [-0.25, -0.2) is 0 Å². The molecule has 1 aliphatic heterocycles. The molecule has 3 heteroatoms. The highest BCUT2D eigenvalue weighted by molar-refractivity contribution is 4.63. The Bertz CT molecular complexity index is 81.7. The smallest absolute Gasteiger partial charge is 0.108 e. The number of nitrogens with one attached hydrogen (secondary N) is 1. The van der Waals surface area contributed by atoms with Crippen molar-refractivity contribution < 1.29 is 4.74 Å². The number of hydrogen-bond donors (Lipinski definition) is 2. The average molecular weight is 144 g/mol. The van der Waals surface area contributed by atoms with Gasteiger partial charge in [0.2, 0.25) is 0 Å². The molecule has 0 spiro atoms. The quantitative estimate of drug-likeness (QED) is 0.589. The Hall–Kier alpha value is -0.120. The Morgan fingerprint density at radius 2 is 2.40 bits per heavy atom. The van der Waals surface area contributed by atoms with Gasteiger partial charge in [0.1, 0.15) is 6.23 Å². The van der Waals surface area contributed by atoms with Crippen molar-refractivity contribution in [2.45, 2.75) is 25.5 Å². The van der Waals surface area contributed by atoms with Crippen LogP contribution in [-0.2, 0) is 4.74 Å². The zero-order valence-corrected chi connectivity index (χ0v) is 6.31. The van der Waals surface area contributed by atoms with Gasteiger partial charge in [-0.1, -0.05) is 0 Å². The number of piperidine rings is 1. The van der Waals surface area contributed by atoms with E-state index in [4.69, 9.17) is 10.5 Å². The maximum absolute atomic E-state index is 5.40. The van der Waals surface area contributed by atoms with Gasteiger partial charge < -0.3 is 10.5 Å². The van der Waals surface area contributed by atoms with Gasteiger partial charge >= 0.3 is 0 Å². The van der Waals surface area contributed by atoms with Crippen molar-refractivity contribution in [3.63, 3.8) is 0 Å². The summed E-state index contributed by atoms with van der Waals surface area (Å²) in [6.45, 7) is 2.39. The molecule has 1 saturated heterocycles. The van der Waals surface area contributed by atoms with E-state index in [1.54, 1.807) is 0 Å². The highest BCUT2D eigenvalue weighted by Gasteiger charge is 2.10. The summed E-state index contributed by atoms with van der Waals surface area (Å²) < 4.78 is 5.40. The van der Waals surface area contributed by atoms with Gasteiger partial charge in [0.15, 0.2) is 0 Å². The van der Waals surface area contributed by atoms with Gasteiger partial charge in [0, 0.05) is 6.54 Å². The summed E-state index contributed by atoms with van der Waals surface area (Å²) in [5.41, 5.74) is 5.29. The van der Waals surface area contributed by atoms with Gasteiger partial charge in [0.25, 0.3) is 0 Å². The lowest BCUT2D eigenvalue weighted by atomic mass is 10.1. The maximum atomic E-state index is 5.40. The van der Waals surface area contributed by atoms with E-state index >= 15 is 0 Å². The first kappa shape index (κ1) is 7.98. The van der Waals surface area contributed by atoms with Crippen LogP contribution >= 0.6 is 0 Å². The van der Waals surface area contributed by atoms with Crippen molar-refractivity contribution in [2.24, 2.45) is 5.73 Å². The fourth-order valence-electron chi connectivity index (χ4n) is 1.17. The SMILES string of the molecule is NCCOC1CCCCN1. The van der Waals surface area contributed by atoms with Crippen molar-refractivity contribution in [3.8, 4) is 0 Å². The largest absolute Gasteiger partial charge is 0.362 e. The lowest BCUT2D eigenvalue weighted by molar-refractivity contribution is 0.0170. The van der Waals surface area contributed by atoms with Crippen LogP contribution < -0.4 is 11.1 Å². The molecule has 0 aromatic heterocycles. The standard InChI is InChI=1S/C7H16N2O/c8-4-6-10-7-3-1-2-5-9-7/h7,9H,1-6,8H2. The second-order valence-corrected chi connectivity index (χ2v) is 2.60. The number of ether oxygens (including phenoxy) is 1. The molecule has 10 heavy (non-hydrogen) atoms. The minimum Gasteiger partial charge on any atom is -0.362 e. The molecule has 1 aliphatic rings. The van der Waals surface area contributed by atoms with Gasteiger partial charge in [-0.2, -0.15) is 0 Å². The lowest BCUT2D eigenvalue weighted by Gasteiger charge is -2.23. The molecule has 0 radical (unpaired) electrons. The topological polar surface area (TPSA) is 47.3 Å². The molecular formula is C7H16N2O. The van der Waals surface area contributed by atoms with Crippen LogP contribution in [0.5, 0.6) is 0 Å². The van der Waals surface area contributed by atoms with Crippen molar-refractivity contribution in [3.05, 3.63) is 0 Å². The zero-order valence-electron chi connectivity index (χ0n) is 6.31. The van der Waals surface area contributed by atoms with Crippen molar-refractivity contribution in [2.75, 3.05) is 19.7 Å². The average Bonchev–Trinajstić information content (AvgIpc) is 2.03. The van der Waals surface area contributed by atoms with Gasteiger partial charge in [-0.15, -0.1) is 0 Å². The molecule has 60 valence electrons. The van der Waals surface area contributed by atoms with E-state index in [1.807, 2.05) is 0 Å². The Morgan fingerprint density at radius 1 is 1.50 bits per heavy atom. The van der Waals surface area contributed by atoms with E-state index in [0.29, 0.717) is 13.2 Å². The Labute approximate surface area is 61.9 Å². The molecule has 0 saturated carbocycles. The number of nitrogens with two attached hydrogens (primary N) is 1. The van der Waals surface area contributed by atoms with E-state index in [1.165, 1.54) is 12.8 Å². The number of rotatable bonds is 3. The summed E-state index contributed by atoms with van der Waals surface area (Å²) in [6.07, 6.45) is 3.97. The van der Waals surface area contributed by atoms with Crippen LogP contribution in [0.4, 0.5) is 0 Å². The highest BCUT2D eigenvalue weighted by atomic mass is 16.5. The molecule has 0 aromatic rings. The maximum Gasteiger partial charge on any atom is 0.108 e. The van der Waals surface area contributed by atoms with E-state index < -0.39 is 0 Å². The third-order valence-corrected chi connectivity index (χ3v) is 1.70. The Morgan fingerprint density at radius 3 is 3.00 bits per heavy atom. The molecule has 0 amide bonds. The molecule has 1 fully saturated rings. The molecule has 0 aromatic carbocycles. The molecular weight excluding hydrogens is 128 g/mol. The third-order valence-electron chi connectivity index (χ3n) is 1.70. The molecule has 3 N–H and O–H groups in total. The number of hydrogen-bond acceptors (Lipinski definition) is 3. The monoisotopic (exact) mass is 144 g/mol. The van der Waals surface area contributed by atoms with Crippen LogP contribution in [0.1, 0.15) is 19.3 Å². The molecule has 1 unspecified atom stereocenters. The first-order chi connectivity index (χ1) is 4.93. The molecule has 1 heterocycles. The predicted molar refractivity (Wildman–Crippen MR) is 40.6 cm³/mol. The van der Waals surface area contributed by atoms with E-state index in [0.717, 1.165) is 13.0 Å². The van der Waals surface area contributed by atoms with Crippen LogP contribution in [0.25, 0.3) is 0 Å². The van der Waals surface area contributed by atoms with Gasteiger partial charge in [-0.05, 0) is 25.8 Å². The normalized spacial score (nSPS) is 26.7. The van der Waals surface area contributed by atoms with Crippen molar-refractivity contribution in [1.29, 1.82) is 0 Å². The van der Waals surface area contributed by atoms with Crippen molar-refractivity contribution in [1.82, 2.24) is 5.32 Å². The Kier molecular flexibility index (Phi) is 3.72. The Balaban J connectivity index is 2.02. The van der Waals surface area contributed by atoms with Crippen LogP contribution in [-0.4, -0.2) is 25.9 Å². The summed E-state index contributed by atoms with van der Waals surface area (Å²) in [5.74, 6) is 0. The zero-order chi connectivity index (χ0) is 7.23.